The van der Waals surface area contributed by atoms with Crippen LogP contribution in [0.2, 0.25) is 0 Å². The number of aliphatic carboxylic acids is 1. The van der Waals surface area contributed by atoms with Crippen molar-refractivity contribution in [2.24, 2.45) is 0 Å². The minimum Gasteiger partial charge on any atom is -0.480 e. The van der Waals surface area contributed by atoms with Crippen LogP contribution in [0.3, 0.4) is 0 Å². The zero-order chi connectivity index (χ0) is 14.5. The van der Waals surface area contributed by atoms with Crippen molar-refractivity contribution in [1.82, 2.24) is 20.3 Å². The van der Waals surface area contributed by atoms with Crippen LogP contribution in [0, 0.1) is 0 Å². The van der Waals surface area contributed by atoms with Crippen molar-refractivity contribution >= 4 is 39.1 Å². The van der Waals surface area contributed by atoms with Gasteiger partial charge in [-0.15, -0.1) is 16.4 Å². The average molecular weight is 359 g/mol. The second kappa shape index (κ2) is 6.62. The van der Waals surface area contributed by atoms with Crippen LogP contribution < -0.4 is 5.32 Å². The highest BCUT2D eigenvalue weighted by Crippen LogP contribution is 2.22. The molecule has 0 fully saturated rings. The number of nitrogens with zero attached hydrogens (tertiary/aromatic N) is 3. The smallest absolute Gasteiger partial charge is 0.325 e. The van der Waals surface area contributed by atoms with Gasteiger partial charge >= 0.3 is 5.97 Å². The largest absolute Gasteiger partial charge is 0.480 e. The number of thiophene rings is 1. The van der Waals surface area contributed by atoms with Crippen molar-refractivity contribution in [1.29, 1.82) is 0 Å². The monoisotopic (exact) mass is 358 g/mol. The molecule has 106 valence electrons. The first-order valence-electron chi connectivity index (χ1n) is 5.64. The number of nitrogens with one attached hydrogen (secondary N) is 1. The lowest BCUT2D eigenvalue weighted by molar-refractivity contribution is -0.138. The summed E-state index contributed by atoms with van der Waals surface area (Å²) in [4.78, 5) is 23.2. The minimum atomic E-state index is -0.992. The van der Waals surface area contributed by atoms with Gasteiger partial charge in [0.25, 0.3) is 0 Å². The number of hydrogen-bond donors (Lipinski definition) is 2. The molecular weight excluding hydrogens is 348 g/mol. The van der Waals surface area contributed by atoms with E-state index < -0.39 is 5.97 Å². The Balaban J connectivity index is 1.81. The van der Waals surface area contributed by atoms with Crippen molar-refractivity contribution < 1.29 is 14.7 Å². The molecule has 0 aliphatic rings. The van der Waals surface area contributed by atoms with Crippen LogP contribution >= 0.6 is 27.3 Å². The summed E-state index contributed by atoms with van der Waals surface area (Å²) in [7, 11) is 0. The lowest BCUT2D eigenvalue weighted by Gasteiger charge is -2.00. The number of amides is 1. The maximum atomic E-state index is 11.7. The standard InChI is InChI=1S/C11H11BrN4O3S/c12-9-2-1-8(20-9)3-10(17)13-4-7-5-16(15-14-7)6-11(18)19/h1-2,5H,3-4,6H2,(H,13,17)(H,18,19). The van der Waals surface area contributed by atoms with Gasteiger partial charge in [0.1, 0.15) is 12.2 Å². The fourth-order valence-electron chi connectivity index (χ4n) is 1.49. The van der Waals surface area contributed by atoms with Crippen LogP contribution in [-0.4, -0.2) is 32.0 Å². The fourth-order valence-corrected chi connectivity index (χ4v) is 2.97. The van der Waals surface area contributed by atoms with Crippen LogP contribution in [0.5, 0.6) is 0 Å². The van der Waals surface area contributed by atoms with E-state index in [1.54, 1.807) is 0 Å². The average Bonchev–Trinajstić information content (AvgIpc) is 2.96. The number of hydrogen-bond acceptors (Lipinski definition) is 5. The van der Waals surface area contributed by atoms with Gasteiger partial charge in [-0.1, -0.05) is 5.21 Å². The molecule has 2 aromatic rings. The number of carboxylic acids is 1. The van der Waals surface area contributed by atoms with E-state index in [9.17, 15) is 9.59 Å². The molecule has 1 amide bonds. The summed E-state index contributed by atoms with van der Waals surface area (Å²) in [5.41, 5.74) is 0.520. The molecule has 0 aliphatic carbocycles. The van der Waals surface area contributed by atoms with E-state index in [0.29, 0.717) is 12.1 Å². The van der Waals surface area contributed by atoms with Gasteiger partial charge in [-0.05, 0) is 28.1 Å². The molecule has 0 atom stereocenters. The van der Waals surface area contributed by atoms with Crippen LogP contribution in [0.15, 0.2) is 22.1 Å². The molecule has 2 rings (SSSR count). The van der Waals surface area contributed by atoms with Crippen LogP contribution in [0.4, 0.5) is 0 Å². The molecule has 7 nitrogen and oxygen atoms in total. The minimum absolute atomic E-state index is 0.118. The summed E-state index contributed by atoms with van der Waals surface area (Å²) in [6.45, 7) is -0.0187. The number of halogens is 1. The van der Waals surface area contributed by atoms with Crippen molar-refractivity contribution in [3.05, 3.63) is 32.7 Å². The lowest BCUT2D eigenvalue weighted by Crippen LogP contribution is -2.24. The molecule has 0 aromatic carbocycles. The van der Waals surface area contributed by atoms with Crippen molar-refractivity contribution in [3.63, 3.8) is 0 Å². The molecule has 0 aliphatic heterocycles. The number of carbonyl (C=O) groups excluding carboxylic acids is 1. The number of aromatic nitrogens is 3. The summed E-state index contributed by atoms with van der Waals surface area (Å²) < 4.78 is 2.19. The van der Waals surface area contributed by atoms with Crippen LogP contribution in [0.25, 0.3) is 0 Å². The number of rotatable bonds is 6. The first kappa shape index (κ1) is 14.7. The molecule has 0 spiro atoms. The highest BCUT2D eigenvalue weighted by molar-refractivity contribution is 9.11. The Morgan fingerprint density at radius 1 is 1.45 bits per heavy atom. The summed E-state index contributed by atoms with van der Waals surface area (Å²) in [6, 6.07) is 3.78. The van der Waals surface area contributed by atoms with Gasteiger partial charge in [0.2, 0.25) is 5.91 Å². The topological polar surface area (TPSA) is 97.1 Å². The predicted molar refractivity (Wildman–Crippen MR) is 75.2 cm³/mol. The first-order chi connectivity index (χ1) is 9.52. The Hall–Kier alpha value is -1.74. The van der Waals surface area contributed by atoms with E-state index in [1.807, 2.05) is 12.1 Å². The quantitative estimate of drug-likeness (QED) is 0.804. The van der Waals surface area contributed by atoms with E-state index in [2.05, 4.69) is 31.6 Å². The SMILES string of the molecule is O=C(O)Cn1cc(CNC(=O)Cc2ccc(Br)s2)nn1. The lowest BCUT2D eigenvalue weighted by atomic mass is 10.3. The number of carbonyl (C=O) groups is 2. The molecule has 0 bridgehead atoms. The normalized spacial score (nSPS) is 10.4. The molecule has 0 unspecified atom stereocenters. The molecule has 0 radical (unpaired) electrons. The Kier molecular flexibility index (Phi) is 4.85. The van der Waals surface area contributed by atoms with Gasteiger partial charge in [0.05, 0.1) is 22.9 Å². The third kappa shape index (κ3) is 4.42. The maximum absolute atomic E-state index is 11.7. The van der Waals surface area contributed by atoms with Crippen LogP contribution in [-0.2, 0) is 29.1 Å². The molecule has 2 heterocycles. The van der Waals surface area contributed by atoms with Gasteiger partial charge in [-0.3, -0.25) is 9.59 Å². The Labute approximate surface area is 126 Å². The molecule has 9 heteroatoms. The Morgan fingerprint density at radius 2 is 2.25 bits per heavy atom. The summed E-state index contributed by atoms with van der Waals surface area (Å²) >= 11 is 4.85. The maximum Gasteiger partial charge on any atom is 0.325 e. The molecule has 0 saturated heterocycles. The van der Waals surface area contributed by atoms with Crippen molar-refractivity contribution in [3.8, 4) is 0 Å². The van der Waals surface area contributed by atoms with Gasteiger partial charge in [0.15, 0.2) is 0 Å². The zero-order valence-corrected chi connectivity index (χ0v) is 12.6. The van der Waals surface area contributed by atoms with Crippen molar-refractivity contribution in [2.75, 3.05) is 0 Å². The molecule has 2 N–H and O–H groups in total. The van der Waals surface area contributed by atoms with E-state index in [-0.39, 0.29) is 19.0 Å². The summed E-state index contributed by atoms with van der Waals surface area (Å²) in [5, 5.41) is 18.7. The molecule has 20 heavy (non-hydrogen) atoms. The van der Waals surface area contributed by atoms with E-state index in [4.69, 9.17) is 5.11 Å². The molecule has 0 saturated carbocycles. The van der Waals surface area contributed by atoms with Gasteiger partial charge in [-0.2, -0.15) is 0 Å². The van der Waals surface area contributed by atoms with E-state index >= 15 is 0 Å². The van der Waals surface area contributed by atoms with E-state index in [0.717, 1.165) is 8.66 Å². The van der Waals surface area contributed by atoms with Crippen molar-refractivity contribution in [2.45, 2.75) is 19.5 Å². The third-order valence-corrected chi connectivity index (χ3v) is 3.94. The Bertz CT molecular complexity index is 625. The second-order valence-corrected chi connectivity index (χ2v) is 6.51. The highest BCUT2D eigenvalue weighted by Gasteiger charge is 2.08. The van der Waals surface area contributed by atoms with Gasteiger partial charge in [0, 0.05) is 4.88 Å². The summed E-state index contributed by atoms with van der Waals surface area (Å²) in [5.74, 6) is -1.11. The fraction of sp³-hybridized carbons (Fsp3) is 0.273. The zero-order valence-electron chi connectivity index (χ0n) is 10.2. The predicted octanol–water partition coefficient (Wildman–Crippen LogP) is 1.05. The molecular formula is C11H11BrN4O3S. The number of carboxylic acid groups (broad SMARTS) is 1. The van der Waals surface area contributed by atoms with Gasteiger partial charge in [-0.25, -0.2) is 4.68 Å². The Morgan fingerprint density at radius 3 is 2.90 bits per heavy atom. The molecule has 2 aromatic heterocycles. The first-order valence-corrected chi connectivity index (χ1v) is 7.25. The summed E-state index contributed by atoms with van der Waals surface area (Å²) in [6.07, 6.45) is 1.80. The highest BCUT2D eigenvalue weighted by atomic mass is 79.9. The third-order valence-electron chi connectivity index (χ3n) is 2.31. The second-order valence-electron chi connectivity index (χ2n) is 3.96. The van der Waals surface area contributed by atoms with Crippen LogP contribution in [0.1, 0.15) is 10.6 Å². The van der Waals surface area contributed by atoms with Gasteiger partial charge < -0.3 is 10.4 Å². The van der Waals surface area contributed by atoms with E-state index in [1.165, 1.54) is 22.2 Å².